The molecule has 0 atom stereocenters. The zero-order chi connectivity index (χ0) is 20.4. The molecule has 4 rings (SSSR count). The molecule has 5 nitrogen and oxygen atoms in total. The molecule has 1 amide bonds. The summed E-state index contributed by atoms with van der Waals surface area (Å²) in [6.07, 6.45) is 0.928. The van der Waals surface area contributed by atoms with Crippen molar-refractivity contribution in [2.24, 2.45) is 0 Å². The Labute approximate surface area is 176 Å². The fourth-order valence-electron chi connectivity index (χ4n) is 3.10. The lowest BCUT2D eigenvalue weighted by Crippen LogP contribution is -2.12. The number of oxazole rings is 1. The molecule has 1 aromatic heterocycles. The van der Waals surface area contributed by atoms with E-state index in [1.165, 1.54) is 5.56 Å². The van der Waals surface area contributed by atoms with Crippen LogP contribution in [0.2, 0.25) is 0 Å². The number of hydrogen-bond donors (Lipinski definition) is 1. The van der Waals surface area contributed by atoms with E-state index >= 15 is 0 Å². The second-order valence-corrected chi connectivity index (χ2v) is 7.38. The van der Waals surface area contributed by atoms with Gasteiger partial charge >= 0.3 is 0 Å². The largest absolute Gasteiger partial charge is 0.496 e. The summed E-state index contributed by atoms with van der Waals surface area (Å²) in [6.45, 7) is 2.10. The van der Waals surface area contributed by atoms with Crippen molar-refractivity contribution in [3.8, 4) is 17.2 Å². The van der Waals surface area contributed by atoms with Crippen molar-refractivity contribution in [1.82, 2.24) is 4.98 Å². The van der Waals surface area contributed by atoms with Crippen molar-refractivity contribution < 1.29 is 13.9 Å². The minimum atomic E-state index is -0.229. The molecule has 0 spiro atoms. The molecular formula is C23H19BrN2O3. The molecule has 0 aliphatic heterocycles. The Hall–Kier alpha value is -3.12. The third-order valence-corrected chi connectivity index (χ3v) is 5.24. The maximum absolute atomic E-state index is 12.5. The summed E-state index contributed by atoms with van der Waals surface area (Å²) in [4.78, 5) is 17.1. The van der Waals surface area contributed by atoms with Crippen LogP contribution >= 0.6 is 15.9 Å². The van der Waals surface area contributed by atoms with Crippen LogP contribution in [0.4, 0.5) is 5.69 Å². The number of anilines is 1. The number of carbonyl (C=O) groups excluding carboxylic acids is 1. The topological polar surface area (TPSA) is 64.4 Å². The van der Waals surface area contributed by atoms with Crippen LogP contribution in [-0.2, 0) is 6.42 Å². The van der Waals surface area contributed by atoms with E-state index in [9.17, 15) is 4.79 Å². The number of amides is 1. The maximum Gasteiger partial charge on any atom is 0.259 e. The first-order valence-corrected chi connectivity index (χ1v) is 10.0. The van der Waals surface area contributed by atoms with Crippen LogP contribution in [-0.4, -0.2) is 18.0 Å². The summed E-state index contributed by atoms with van der Waals surface area (Å²) in [5, 5.41) is 2.88. The van der Waals surface area contributed by atoms with E-state index in [1.54, 1.807) is 25.3 Å². The summed E-state index contributed by atoms with van der Waals surface area (Å²) >= 11 is 3.56. The van der Waals surface area contributed by atoms with Gasteiger partial charge in [0.1, 0.15) is 11.3 Å². The molecule has 0 saturated carbocycles. The number of aromatic nitrogens is 1. The highest BCUT2D eigenvalue weighted by Crippen LogP contribution is 2.31. The fraction of sp³-hybridized carbons (Fsp3) is 0.130. The Balaban J connectivity index is 1.57. The lowest BCUT2D eigenvalue weighted by Gasteiger charge is -2.09. The zero-order valence-corrected chi connectivity index (χ0v) is 17.6. The molecule has 0 aliphatic rings. The molecule has 0 radical (unpaired) electrons. The first-order valence-electron chi connectivity index (χ1n) is 9.23. The van der Waals surface area contributed by atoms with E-state index in [-0.39, 0.29) is 5.91 Å². The van der Waals surface area contributed by atoms with E-state index in [0.717, 1.165) is 27.6 Å². The standard InChI is InChI=1S/C23H19BrN2O3/c1-3-14-12-18(24)21-19(13-14)26-23(29-21)15-8-10-16(11-9-15)25-22(27)17-6-4-5-7-20(17)28-2/h4-13H,3H2,1-2H3,(H,25,27). The summed E-state index contributed by atoms with van der Waals surface area (Å²) in [5.41, 5.74) is 4.73. The minimum absolute atomic E-state index is 0.229. The van der Waals surface area contributed by atoms with Gasteiger partial charge in [0, 0.05) is 11.3 Å². The Bertz CT molecular complexity index is 1180. The molecule has 0 unspecified atom stereocenters. The molecule has 0 aliphatic carbocycles. The fourth-order valence-corrected chi connectivity index (χ4v) is 3.68. The van der Waals surface area contributed by atoms with Gasteiger partial charge in [-0.3, -0.25) is 4.79 Å². The van der Waals surface area contributed by atoms with Gasteiger partial charge in [0.15, 0.2) is 5.58 Å². The van der Waals surface area contributed by atoms with Crippen molar-refractivity contribution in [2.45, 2.75) is 13.3 Å². The quantitative estimate of drug-likeness (QED) is 0.400. The molecule has 29 heavy (non-hydrogen) atoms. The third kappa shape index (κ3) is 3.89. The number of hydrogen-bond acceptors (Lipinski definition) is 4. The number of methoxy groups -OCH3 is 1. The summed E-state index contributed by atoms with van der Waals surface area (Å²) in [5.74, 6) is 0.842. The van der Waals surface area contributed by atoms with Crippen molar-refractivity contribution in [2.75, 3.05) is 12.4 Å². The summed E-state index contributed by atoms with van der Waals surface area (Å²) < 4.78 is 12.1. The number of aryl methyl sites for hydroxylation is 1. The van der Waals surface area contributed by atoms with Crippen molar-refractivity contribution in [1.29, 1.82) is 0 Å². The van der Waals surface area contributed by atoms with Crippen LogP contribution in [0.25, 0.3) is 22.6 Å². The minimum Gasteiger partial charge on any atom is -0.496 e. The highest BCUT2D eigenvalue weighted by molar-refractivity contribution is 9.10. The number of rotatable bonds is 5. The highest BCUT2D eigenvalue weighted by Gasteiger charge is 2.14. The number of halogens is 1. The van der Waals surface area contributed by atoms with E-state index in [0.29, 0.717) is 22.9 Å². The molecule has 6 heteroatoms. The number of para-hydroxylation sites is 1. The molecule has 4 aromatic rings. The van der Waals surface area contributed by atoms with Crippen molar-refractivity contribution in [3.63, 3.8) is 0 Å². The molecule has 3 aromatic carbocycles. The van der Waals surface area contributed by atoms with Crippen LogP contribution in [0.5, 0.6) is 5.75 Å². The predicted octanol–water partition coefficient (Wildman–Crippen LogP) is 6.08. The second kappa shape index (κ2) is 8.09. The van der Waals surface area contributed by atoms with Gasteiger partial charge in [-0.05, 0) is 76.4 Å². The third-order valence-electron chi connectivity index (χ3n) is 4.65. The van der Waals surface area contributed by atoms with Gasteiger partial charge in [-0.25, -0.2) is 4.98 Å². The first kappa shape index (κ1) is 19.2. The zero-order valence-electron chi connectivity index (χ0n) is 16.0. The van der Waals surface area contributed by atoms with E-state index in [1.807, 2.05) is 42.5 Å². The maximum atomic E-state index is 12.5. The van der Waals surface area contributed by atoms with Crippen molar-refractivity contribution in [3.05, 3.63) is 76.3 Å². The van der Waals surface area contributed by atoms with E-state index in [2.05, 4.69) is 33.2 Å². The van der Waals surface area contributed by atoms with Crippen LogP contribution in [0.15, 0.2) is 69.6 Å². The van der Waals surface area contributed by atoms with Crippen molar-refractivity contribution >= 4 is 38.6 Å². The van der Waals surface area contributed by atoms with Gasteiger partial charge in [-0.1, -0.05) is 19.1 Å². The lowest BCUT2D eigenvalue weighted by atomic mass is 10.1. The Morgan fingerprint density at radius 3 is 2.62 bits per heavy atom. The van der Waals surface area contributed by atoms with E-state index < -0.39 is 0 Å². The number of carbonyl (C=O) groups is 1. The summed E-state index contributed by atoms with van der Waals surface area (Å²) in [6, 6.07) is 18.6. The number of ether oxygens (including phenoxy) is 1. The molecular weight excluding hydrogens is 432 g/mol. The number of benzene rings is 3. The molecule has 146 valence electrons. The van der Waals surface area contributed by atoms with Crippen LogP contribution < -0.4 is 10.1 Å². The monoisotopic (exact) mass is 450 g/mol. The lowest BCUT2D eigenvalue weighted by molar-refractivity contribution is 0.102. The summed E-state index contributed by atoms with van der Waals surface area (Å²) in [7, 11) is 1.54. The average Bonchev–Trinajstić information content (AvgIpc) is 3.19. The molecule has 0 bridgehead atoms. The molecule has 1 N–H and O–H groups in total. The smallest absolute Gasteiger partial charge is 0.259 e. The second-order valence-electron chi connectivity index (χ2n) is 6.53. The predicted molar refractivity (Wildman–Crippen MR) is 117 cm³/mol. The van der Waals surface area contributed by atoms with E-state index in [4.69, 9.17) is 9.15 Å². The number of nitrogens with zero attached hydrogens (tertiary/aromatic N) is 1. The number of nitrogens with one attached hydrogen (secondary N) is 1. The normalized spacial score (nSPS) is 10.9. The van der Waals surface area contributed by atoms with Gasteiger partial charge in [-0.15, -0.1) is 0 Å². The molecule has 1 heterocycles. The van der Waals surface area contributed by atoms with Gasteiger partial charge in [0.2, 0.25) is 5.89 Å². The Morgan fingerprint density at radius 1 is 1.14 bits per heavy atom. The Kier molecular flexibility index (Phi) is 5.36. The van der Waals surface area contributed by atoms with Crippen LogP contribution in [0.1, 0.15) is 22.8 Å². The van der Waals surface area contributed by atoms with Gasteiger partial charge in [0.25, 0.3) is 5.91 Å². The Morgan fingerprint density at radius 2 is 1.90 bits per heavy atom. The first-order chi connectivity index (χ1) is 14.1. The van der Waals surface area contributed by atoms with Gasteiger partial charge in [-0.2, -0.15) is 0 Å². The highest BCUT2D eigenvalue weighted by atomic mass is 79.9. The van der Waals surface area contributed by atoms with Crippen LogP contribution in [0, 0.1) is 0 Å². The molecule has 0 saturated heterocycles. The average molecular weight is 451 g/mol. The SMILES string of the molecule is CCc1cc(Br)c2oc(-c3ccc(NC(=O)c4ccccc4OC)cc3)nc2c1. The van der Waals surface area contributed by atoms with Crippen LogP contribution in [0.3, 0.4) is 0 Å². The number of fused-ring (bicyclic) bond motifs is 1. The van der Waals surface area contributed by atoms with Gasteiger partial charge < -0.3 is 14.5 Å². The van der Waals surface area contributed by atoms with Gasteiger partial charge in [0.05, 0.1) is 17.1 Å². The molecule has 0 fully saturated rings.